The van der Waals surface area contributed by atoms with Gasteiger partial charge in [0.05, 0.1) is 16.5 Å². The number of nitrogens with zero attached hydrogens (tertiary/aromatic N) is 2. The Hall–Kier alpha value is -1.91. The molecule has 1 atom stereocenters. The molecule has 0 radical (unpaired) electrons. The smallest absolute Gasteiger partial charge is 0.240 e. The number of aryl methyl sites for hydroxylation is 1. The number of benzene rings is 1. The zero-order valence-corrected chi connectivity index (χ0v) is 12.8. The number of hydrogen-bond donors (Lipinski definition) is 1. The molecule has 0 bridgehead atoms. The highest BCUT2D eigenvalue weighted by Crippen LogP contribution is 2.17. The Balaban J connectivity index is 2.17. The molecular formula is C14H17N3O3S. The summed E-state index contributed by atoms with van der Waals surface area (Å²) in [4.78, 5) is 13.1. The maximum absolute atomic E-state index is 12.3. The first-order chi connectivity index (χ1) is 9.83. The number of likely N-dealkylation sites (tertiary alicyclic amines) is 1. The molecule has 21 heavy (non-hydrogen) atoms. The molecule has 1 heterocycles. The second kappa shape index (κ2) is 5.84. The van der Waals surface area contributed by atoms with Gasteiger partial charge in [-0.3, -0.25) is 4.79 Å². The van der Waals surface area contributed by atoms with Gasteiger partial charge in [-0.1, -0.05) is 0 Å². The molecule has 6 nitrogen and oxygen atoms in total. The van der Waals surface area contributed by atoms with E-state index in [1.807, 2.05) is 6.07 Å². The number of sulfonamides is 1. The number of hydrogen-bond acceptors (Lipinski definition) is 4. The van der Waals surface area contributed by atoms with Crippen molar-refractivity contribution in [1.29, 1.82) is 5.26 Å². The summed E-state index contributed by atoms with van der Waals surface area (Å²) in [6.07, 6.45) is 0.841. The van der Waals surface area contributed by atoms with E-state index in [0.717, 1.165) is 0 Å². The van der Waals surface area contributed by atoms with E-state index in [1.54, 1.807) is 14.0 Å². The molecule has 1 aliphatic heterocycles. The second-order valence-corrected chi connectivity index (χ2v) is 6.93. The van der Waals surface area contributed by atoms with Crippen LogP contribution in [0.15, 0.2) is 23.1 Å². The fourth-order valence-corrected chi connectivity index (χ4v) is 3.67. The number of amides is 1. The Bertz CT molecular complexity index is 707. The quantitative estimate of drug-likeness (QED) is 0.893. The molecule has 0 aliphatic carbocycles. The van der Waals surface area contributed by atoms with Gasteiger partial charge in [0, 0.05) is 26.1 Å². The summed E-state index contributed by atoms with van der Waals surface area (Å²) < 4.78 is 27.3. The van der Waals surface area contributed by atoms with Crippen molar-refractivity contribution >= 4 is 15.9 Å². The zero-order chi connectivity index (χ0) is 15.6. The third kappa shape index (κ3) is 3.40. The molecule has 0 spiro atoms. The molecule has 1 N–H and O–H groups in total. The lowest BCUT2D eigenvalue weighted by Crippen LogP contribution is -2.48. The highest BCUT2D eigenvalue weighted by Gasteiger charge is 2.27. The Labute approximate surface area is 124 Å². The molecule has 2 rings (SSSR count). The number of likely N-dealkylation sites (N-methyl/N-ethyl adjacent to an activating group) is 1. The van der Waals surface area contributed by atoms with E-state index in [-0.39, 0.29) is 16.8 Å². The Morgan fingerprint density at radius 2 is 2.14 bits per heavy atom. The van der Waals surface area contributed by atoms with E-state index in [1.165, 1.54) is 23.1 Å². The normalized spacial score (nSPS) is 19.4. The summed E-state index contributed by atoms with van der Waals surface area (Å²) in [5.74, 6) is 0.0275. The minimum atomic E-state index is -3.65. The standard InChI is InChI=1S/C14H17N3O3S/c1-10-7-13(5-3-11(10)8-15)21(19,20)16-12-4-6-14(18)17(2)9-12/h3,5,7,12,16H,4,6,9H2,1-2H3. The van der Waals surface area contributed by atoms with Crippen LogP contribution in [0.1, 0.15) is 24.0 Å². The first kappa shape index (κ1) is 15.5. The van der Waals surface area contributed by atoms with E-state index in [2.05, 4.69) is 4.72 Å². The van der Waals surface area contributed by atoms with E-state index in [0.29, 0.717) is 30.5 Å². The van der Waals surface area contributed by atoms with Gasteiger partial charge >= 0.3 is 0 Å². The van der Waals surface area contributed by atoms with Crippen molar-refractivity contribution in [2.75, 3.05) is 13.6 Å². The highest BCUT2D eigenvalue weighted by molar-refractivity contribution is 7.89. The first-order valence-electron chi connectivity index (χ1n) is 6.60. The molecule has 1 fully saturated rings. The number of rotatable bonds is 3. The van der Waals surface area contributed by atoms with Crippen LogP contribution >= 0.6 is 0 Å². The molecule has 1 amide bonds. The van der Waals surface area contributed by atoms with Crippen LogP contribution in [-0.2, 0) is 14.8 Å². The molecule has 1 aromatic carbocycles. The van der Waals surface area contributed by atoms with Crippen molar-refractivity contribution < 1.29 is 13.2 Å². The van der Waals surface area contributed by atoms with Crippen LogP contribution in [0.2, 0.25) is 0 Å². The number of carbonyl (C=O) groups is 1. The van der Waals surface area contributed by atoms with Crippen LogP contribution in [0.25, 0.3) is 0 Å². The maximum atomic E-state index is 12.3. The average Bonchev–Trinajstić information content (AvgIpc) is 2.42. The first-order valence-corrected chi connectivity index (χ1v) is 8.09. The molecule has 0 saturated carbocycles. The maximum Gasteiger partial charge on any atom is 0.240 e. The van der Waals surface area contributed by atoms with E-state index in [4.69, 9.17) is 5.26 Å². The fourth-order valence-electron chi connectivity index (χ4n) is 2.32. The van der Waals surface area contributed by atoms with Crippen molar-refractivity contribution in [2.24, 2.45) is 0 Å². The summed E-state index contributed by atoms with van der Waals surface area (Å²) in [7, 11) is -1.98. The number of piperidine rings is 1. The van der Waals surface area contributed by atoms with Gasteiger partial charge in [0.25, 0.3) is 0 Å². The molecule has 1 aromatic rings. The van der Waals surface area contributed by atoms with Crippen LogP contribution < -0.4 is 4.72 Å². The third-order valence-electron chi connectivity index (χ3n) is 3.58. The van der Waals surface area contributed by atoms with Gasteiger partial charge in [-0.2, -0.15) is 5.26 Å². The summed E-state index contributed by atoms with van der Waals surface area (Å²) in [5.41, 5.74) is 1.08. The molecular weight excluding hydrogens is 290 g/mol. The van der Waals surface area contributed by atoms with Crippen molar-refractivity contribution in [1.82, 2.24) is 9.62 Å². The van der Waals surface area contributed by atoms with Gasteiger partial charge in [-0.05, 0) is 37.1 Å². The SMILES string of the molecule is Cc1cc(S(=O)(=O)NC2CCC(=O)N(C)C2)ccc1C#N. The fraction of sp³-hybridized carbons (Fsp3) is 0.429. The molecule has 1 unspecified atom stereocenters. The van der Waals surface area contributed by atoms with Crippen LogP contribution in [0.3, 0.4) is 0 Å². The molecule has 1 saturated heterocycles. The van der Waals surface area contributed by atoms with Gasteiger partial charge in [-0.25, -0.2) is 13.1 Å². The Kier molecular flexibility index (Phi) is 4.30. The van der Waals surface area contributed by atoms with Gasteiger partial charge in [0.2, 0.25) is 15.9 Å². The van der Waals surface area contributed by atoms with Crippen molar-refractivity contribution in [3.05, 3.63) is 29.3 Å². The highest BCUT2D eigenvalue weighted by atomic mass is 32.2. The monoisotopic (exact) mass is 307 g/mol. The molecule has 112 valence electrons. The van der Waals surface area contributed by atoms with Gasteiger partial charge < -0.3 is 4.90 Å². The van der Waals surface area contributed by atoms with Crippen LogP contribution in [-0.4, -0.2) is 38.9 Å². The molecule has 0 aromatic heterocycles. The topological polar surface area (TPSA) is 90.3 Å². The summed E-state index contributed by atoms with van der Waals surface area (Å²) in [6.45, 7) is 2.07. The summed E-state index contributed by atoms with van der Waals surface area (Å²) in [6, 6.07) is 6.13. The second-order valence-electron chi connectivity index (χ2n) is 5.22. The molecule has 7 heteroatoms. The predicted molar refractivity (Wildman–Crippen MR) is 76.9 cm³/mol. The van der Waals surface area contributed by atoms with Gasteiger partial charge in [-0.15, -0.1) is 0 Å². The van der Waals surface area contributed by atoms with Crippen molar-refractivity contribution in [2.45, 2.75) is 30.7 Å². The summed E-state index contributed by atoms with van der Waals surface area (Å²) >= 11 is 0. The average molecular weight is 307 g/mol. The number of carbonyl (C=O) groups excluding carboxylic acids is 1. The van der Waals surface area contributed by atoms with Gasteiger partial charge in [0.15, 0.2) is 0 Å². The van der Waals surface area contributed by atoms with E-state index >= 15 is 0 Å². The van der Waals surface area contributed by atoms with Crippen molar-refractivity contribution in [3.8, 4) is 6.07 Å². The zero-order valence-electron chi connectivity index (χ0n) is 12.0. The van der Waals surface area contributed by atoms with Crippen LogP contribution in [0.5, 0.6) is 0 Å². The Morgan fingerprint density at radius 3 is 2.71 bits per heavy atom. The predicted octanol–water partition coefficient (Wildman–Crippen LogP) is 0.766. The largest absolute Gasteiger partial charge is 0.344 e. The third-order valence-corrected chi connectivity index (χ3v) is 5.10. The lowest BCUT2D eigenvalue weighted by molar-refractivity contribution is -0.132. The van der Waals surface area contributed by atoms with Crippen LogP contribution in [0, 0.1) is 18.3 Å². The number of nitrogens with one attached hydrogen (secondary N) is 1. The Morgan fingerprint density at radius 1 is 1.43 bits per heavy atom. The number of nitriles is 1. The minimum Gasteiger partial charge on any atom is -0.344 e. The van der Waals surface area contributed by atoms with Crippen molar-refractivity contribution in [3.63, 3.8) is 0 Å². The lowest BCUT2D eigenvalue weighted by Gasteiger charge is -2.29. The minimum absolute atomic E-state index is 0.0275. The van der Waals surface area contributed by atoms with Gasteiger partial charge in [0.1, 0.15) is 0 Å². The van der Waals surface area contributed by atoms with E-state index in [9.17, 15) is 13.2 Å². The van der Waals surface area contributed by atoms with E-state index < -0.39 is 10.0 Å². The van der Waals surface area contributed by atoms with Crippen LogP contribution in [0.4, 0.5) is 0 Å². The molecule has 1 aliphatic rings. The lowest BCUT2D eigenvalue weighted by atomic mass is 10.1. The summed E-state index contributed by atoms with van der Waals surface area (Å²) in [5, 5.41) is 8.87.